The van der Waals surface area contributed by atoms with E-state index in [9.17, 15) is 4.39 Å². The van der Waals surface area contributed by atoms with Crippen molar-refractivity contribution >= 4 is 11.7 Å². The van der Waals surface area contributed by atoms with Crippen LogP contribution in [0.2, 0.25) is 0 Å². The summed E-state index contributed by atoms with van der Waals surface area (Å²) >= 11 is 0. The predicted molar refractivity (Wildman–Crippen MR) is 85.0 cm³/mol. The zero-order valence-electron chi connectivity index (χ0n) is 12.6. The highest BCUT2D eigenvalue weighted by molar-refractivity contribution is 5.80. The Morgan fingerprint density at radius 3 is 2.55 bits per heavy atom. The molecule has 1 aromatic heterocycles. The summed E-state index contributed by atoms with van der Waals surface area (Å²) < 4.78 is 14.6. The quantitative estimate of drug-likeness (QED) is 0.329. The number of hydrazine groups is 1. The molecule has 0 fully saturated rings. The number of hydrogen-bond donors (Lipinski definition) is 3. The molecule has 0 unspecified atom stereocenters. The number of benzene rings is 1. The van der Waals surface area contributed by atoms with E-state index in [-0.39, 0.29) is 18.2 Å². The van der Waals surface area contributed by atoms with Crippen molar-refractivity contribution in [2.45, 2.75) is 19.9 Å². The second-order valence-corrected chi connectivity index (χ2v) is 4.90. The first-order valence-corrected chi connectivity index (χ1v) is 6.84. The van der Waals surface area contributed by atoms with Crippen LogP contribution in [0, 0.1) is 5.82 Å². The molecular weight excluding hydrogens is 285 g/mol. The van der Waals surface area contributed by atoms with Crippen LogP contribution in [0.5, 0.6) is 0 Å². The summed E-state index contributed by atoms with van der Waals surface area (Å²) in [4.78, 5) is 0. The third kappa shape index (κ3) is 3.34. The van der Waals surface area contributed by atoms with E-state index in [1.54, 1.807) is 23.9 Å². The van der Waals surface area contributed by atoms with E-state index in [0.29, 0.717) is 17.9 Å². The number of nitrogen functional groups attached to an aromatic ring is 1. The molecule has 0 aliphatic carbocycles. The summed E-state index contributed by atoms with van der Waals surface area (Å²) in [6.45, 7) is 2.21. The fourth-order valence-electron chi connectivity index (χ4n) is 2.21. The van der Waals surface area contributed by atoms with E-state index in [1.807, 2.05) is 6.92 Å². The first-order chi connectivity index (χ1) is 10.4. The van der Waals surface area contributed by atoms with Gasteiger partial charge >= 0.3 is 0 Å². The van der Waals surface area contributed by atoms with E-state index in [0.717, 1.165) is 16.2 Å². The number of rotatable bonds is 5. The molecule has 22 heavy (non-hydrogen) atoms. The molecule has 6 N–H and O–H groups in total. The van der Waals surface area contributed by atoms with Crippen molar-refractivity contribution in [2.75, 3.05) is 12.8 Å². The number of hydrogen-bond acceptors (Lipinski definition) is 5. The lowest BCUT2D eigenvalue weighted by Gasteiger charge is -2.07. The van der Waals surface area contributed by atoms with E-state index in [1.165, 1.54) is 12.1 Å². The van der Waals surface area contributed by atoms with E-state index in [2.05, 4.69) is 10.2 Å². The van der Waals surface area contributed by atoms with Crippen LogP contribution in [0.25, 0.3) is 11.3 Å². The molecule has 0 amide bonds. The highest BCUT2D eigenvalue weighted by atomic mass is 19.1. The van der Waals surface area contributed by atoms with Crippen LogP contribution >= 0.6 is 0 Å². The lowest BCUT2D eigenvalue weighted by molar-refractivity contribution is 0.369. The van der Waals surface area contributed by atoms with Crippen LogP contribution in [0.4, 0.5) is 10.2 Å². The molecule has 0 aliphatic rings. The van der Waals surface area contributed by atoms with Gasteiger partial charge in [0.05, 0.1) is 5.69 Å². The van der Waals surface area contributed by atoms with Gasteiger partial charge in [-0.25, -0.2) is 20.0 Å². The minimum Gasteiger partial charge on any atom is -0.384 e. The molecule has 7 nitrogen and oxygen atoms in total. The van der Waals surface area contributed by atoms with Gasteiger partial charge in [-0.05, 0) is 30.7 Å². The Kier molecular flexibility index (Phi) is 4.62. The molecule has 8 heteroatoms. The van der Waals surface area contributed by atoms with Gasteiger partial charge < -0.3 is 11.5 Å². The lowest BCUT2D eigenvalue weighted by atomic mass is 10.1. The van der Waals surface area contributed by atoms with Crippen molar-refractivity contribution in [1.29, 1.82) is 0 Å². The van der Waals surface area contributed by atoms with E-state index < -0.39 is 0 Å². The monoisotopic (exact) mass is 305 g/mol. The summed E-state index contributed by atoms with van der Waals surface area (Å²) in [6.07, 6.45) is 0.701. The van der Waals surface area contributed by atoms with Crippen molar-refractivity contribution in [3.8, 4) is 11.3 Å². The van der Waals surface area contributed by atoms with Crippen molar-refractivity contribution in [1.82, 2.24) is 14.9 Å². The predicted octanol–water partition coefficient (Wildman–Crippen LogP) is 0.911. The fourth-order valence-corrected chi connectivity index (χ4v) is 2.21. The Bertz CT molecular complexity index is 673. The summed E-state index contributed by atoms with van der Waals surface area (Å²) in [5.74, 6) is 5.92. The van der Waals surface area contributed by atoms with Gasteiger partial charge in [-0.1, -0.05) is 6.92 Å². The van der Waals surface area contributed by atoms with Gasteiger partial charge in [-0.15, -0.1) is 5.10 Å². The van der Waals surface area contributed by atoms with Crippen LogP contribution in [-0.4, -0.2) is 27.8 Å². The number of anilines is 1. The minimum absolute atomic E-state index is 0.224. The number of nitrogens with two attached hydrogens (primary N) is 3. The fraction of sp³-hybridized carbons (Fsp3) is 0.286. The van der Waals surface area contributed by atoms with Gasteiger partial charge in [0.25, 0.3) is 0 Å². The molecule has 0 saturated heterocycles. The third-order valence-electron chi connectivity index (χ3n) is 3.16. The molecule has 0 aliphatic heterocycles. The van der Waals surface area contributed by atoms with Crippen LogP contribution in [0.3, 0.4) is 0 Å². The van der Waals surface area contributed by atoms with Gasteiger partial charge in [-0.3, -0.25) is 0 Å². The maximum atomic E-state index is 13.1. The Labute approximate surface area is 128 Å². The second kappa shape index (κ2) is 6.44. The summed E-state index contributed by atoms with van der Waals surface area (Å²) in [5.41, 5.74) is 14.3. The van der Waals surface area contributed by atoms with Crippen LogP contribution in [0.15, 0.2) is 29.4 Å². The molecule has 0 atom stereocenters. The zero-order valence-corrected chi connectivity index (χ0v) is 12.6. The second-order valence-electron chi connectivity index (χ2n) is 4.90. The maximum absolute atomic E-state index is 13.1. The molecular formula is C14H20FN7. The number of nitrogens with zero attached hydrogens (tertiary/aromatic N) is 4. The Morgan fingerprint density at radius 2 is 2.00 bits per heavy atom. The molecule has 2 aromatic rings. The van der Waals surface area contributed by atoms with Crippen molar-refractivity contribution in [3.63, 3.8) is 0 Å². The van der Waals surface area contributed by atoms with Crippen LogP contribution in [-0.2, 0) is 13.0 Å². The average molecular weight is 305 g/mol. The highest BCUT2D eigenvalue weighted by Gasteiger charge is 2.16. The molecule has 1 heterocycles. The lowest BCUT2D eigenvalue weighted by Crippen LogP contribution is -2.28. The zero-order chi connectivity index (χ0) is 16.3. The molecule has 0 spiro atoms. The van der Waals surface area contributed by atoms with Gasteiger partial charge in [0.2, 0.25) is 0 Å². The first-order valence-electron chi connectivity index (χ1n) is 6.84. The van der Waals surface area contributed by atoms with Gasteiger partial charge in [0, 0.05) is 18.2 Å². The van der Waals surface area contributed by atoms with Crippen LogP contribution in [0.1, 0.15) is 12.5 Å². The first kappa shape index (κ1) is 15.8. The van der Waals surface area contributed by atoms with Gasteiger partial charge in [0.15, 0.2) is 0 Å². The van der Waals surface area contributed by atoms with Gasteiger partial charge in [-0.2, -0.15) is 5.10 Å². The van der Waals surface area contributed by atoms with Crippen molar-refractivity contribution in [2.24, 2.45) is 16.7 Å². The summed E-state index contributed by atoms with van der Waals surface area (Å²) in [6, 6.07) is 6.13. The molecule has 2 rings (SSSR count). The molecule has 118 valence electrons. The average Bonchev–Trinajstić information content (AvgIpc) is 2.75. The van der Waals surface area contributed by atoms with Crippen LogP contribution < -0.4 is 17.3 Å². The molecule has 0 bridgehead atoms. The number of halogens is 1. The smallest absolute Gasteiger partial charge is 0.143 e. The number of aromatic nitrogens is 2. The SMILES string of the molecule is CCc1c(-c2ccc(F)cc2)nn(C/C(N)=N/N(C)N)c1N. The molecule has 0 radical (unpaired) electrons. The minimum atomic E-state index is -0.295. The normalized spacial score (nSPS) is 11.7. The molecule has 1 aromatic carbocycles. The topological polar surface area (TPSA) is 111 Å². The van der Waals surface area contributed by atoms with Gasteiger partial charge in [0.1, 0.15) is 24.0 Å². The molecule has 0 saturated carbocycles. The Morgan fingerprint density at radius 1 is 1.36 bits per heavy atom. The highest BCUT2D eigenvalue weighted by Crippen LogP contribution is 2.27. The van der Waals surface area contributed by atoms with Crippen molar-refractivity contribution < 1.29 is 4.39 Å². The summed E-state index contributed by atoms with van der Waals surface area (Å²) in [7, 11) is 1.57. The Hall–Kier alpha value is -2.61. The van der Waals surface area contributed by atoms with Crippen molar-refractivity contribution in [3.05, 3.63) is 35.6 Å². The van der Waals surface area contributed by atoms with E-state index in [4.69, 9.17) is 17.3 Å². The largest absolute Gasteiger partial charge is 0.384 e. The number of amidine groups is 1. The van der Waals surface area contributed by atoms with E-state index >= 15 is 0 Å². The Balaban J connectivity index is 2.40. The number of hydrazone groups is 1. The standard InChI is InChI=1S/C14H20FN7/c1-3-11-13(9-4-6-10(15)7-5-9)20-22(14(11)17)8-12(16)19-21(2)18/h4-7H,3,8,17-18H2,1-2H3,(H2,16,19). The summed E-state index contributed by atoms with van der Waals surface area (Å²) in [5, 5.41) is 9.50. The maximum Gasteiger partial charge on any atom is 0.143 e. The third-order valence-corrected chi connectivity index (χ3v) is 3.16.